The third-order valence-corrected chi connectivity index (χ3v) is 6.17. The highest BCUT2D eigenvalue weighted by atomic mass is 32.2. The number of thioether (sulfide) groups is 1. The molecule has 1 N–H and O–H groups in total. The molecule has 0 saturated heterocycles. The number of carbonyl (C=O) groups is 1. The first-order chi connectivity index (χ1) is 13.8. The maximum Gasteiger partial charge on any atom is 0.238 e. The fourth-order valence-corrected chi connectivity index (χ4v) is 4.46. The zero-order valence-corrected chi connectivity index (χ0v) is 15.9. The van der Waals surface area contributed by atoms with Gasteiger partial charge in [-0.1, -0.05) is 42.5 Å². The van der Waals surface area contributed by atoms with Gasteiger partial charge in [0.25, 0.3) is 0 Å². The molecule has 1 unspecified atom stereocenters. The molecule has 1 aliphatic rings. The summed E-state index contributed by atoms with van der Waals surface area (Å²) in [6.45, 7) is 0. The number of allylic oxidation sites excluding steroid dienone is 1. The molecule has 0 radical (unpaired) electrons. The number of benzene rings is 3. The molecule has 0 saturated carbocycles. The Morgan fingerprint density at radius 1 is 1.00 bits per heavy atom. The fourth-order valence-electron chi connectivity index (χ4n) is 3.64. The third-order valence-electron chi connectivity index (χ3n) is 5.08. The molecule has 5 rings (SSSR count). The van der Waals surface area contributed by atoms with Crippen molar-refractivity contribution >= 4 is 44.9 Å². The zero-order valence-electron chi connectivity index (χ0n) is 15.1. The number of pyridine rings is 1. The van der Waals surface area contributed by atoms with Crippen LogP contribution in [0.5, 0.6) is 0 Å². The van der Waals surface area contributed by atoms with E-state index in [1.54, 1.807) is 11.8 Å². The van der Waals surface area contributed by atoms with Gasteiger partial charge < -0.3 is 5.32 Å². The number of anilines is 1. The molecule has 1 amide bonds. The Labute approximate surface area is 167 Å². The number of hydrogen-bond acceptors (Lipinski definition) is 3. The number of amides is 1. The Bertz CT molecular complexity index is 1220. The quantitative estimate of drug-likeness (QED) is 0.472. The fraction of sp³-hybridized carbons (Fsp3) is 0.0833. The Morgan fingerprint density at radius 2 is 1.89 bits per heavy atom. The van der Waals surface area contributed by atoms with Crippen molar-refractivity contribution in [3.05, 3.63) is 84.5 Å². The predicted octanol–water partition coefficient (Wildman–Crippen LogP) is 6.01. The van der Waals surface area contributed by atoms with Gasteiger partial charge in [-0.05, 0) is 63.4 Å². The monoisotopic (exact) mass is 382 g/mol. The lowest BCUT2D eigenvalue weighted by atomic mass is 9.97. The van der Waals surface area contributed by atoms with Crippen molar-refractivity contribution in [2.24, 2.45) is 0 Å². The van der Waals surface area contributed by atoms with Crippen LogP contribution in [-0.4, -0.2) is 16.1 Å². The van der Waals surface area contributed by atoms with Crippen LogP contribution >= 0.6 is 11.8 Å². The molecular weight excluding hydrogens is 364 g/mol. The summed E-state index contributed by atoms with van der Waals surface area (Å²) in [4.78, 5) is 16.6. The van der Waals surface area contributed by atoms with E-state index in [0.717, 1.165) is 28.3 Å². The van der Waals surface area contributed by atoms with Crippen molar-refractivity contribution in [1.29, 1.82) is 0 Å². The highest BCUT2D eigenvalue weighted by molar-refractivity contribution is 8.03. The Kier molecular flexibility index (Phi) is 4.34. The van der Waals surface area contributed by atoms with Gasteiger partial charge in [-0.3, -0.25) is 9.78 Å². The third kappa shape index (κ3) is 3.16. The average Bonchev–Trinajstić information content (AvgIpc) is 3.28. The number of hydrogen-bond donors (Lipinski definition) is 1. The van der Waals surface area contributed by atoms with Gasteiger partial charge >= 0.3 is 0 Å². The van der Waals surface area contributed by atoms with Gasteiger partial charge in [0.2, 0.25) is 5.91 Å². The second kappa shape index (κ2) is 7.13. The molecule has 1 aromatic heterocycles. The van der Waals surface area contributed by atoms with Crippen molar-refractivity contribution in [1.82, 2.24) is 4.98 Å². The highest BCUT2D eigenvalue weighted by Crippen LogP contribution is 2.31. The average molecular weight is 382 g/mol. The summed E-state index contributed by atoms with van der Waals surface area (Å²) >= 11 is 1.58. The lowest BCUT2D eigenvalue weighted by molar-refractivity contribution is -0.115. The Hall–Kier alpha value is -3.11. The highest BCUT2D eigenvalue weighted by Gasteiger charge is 2.20. The molecule has 3 nitrogen and oxygen atoms in total. The summed E-state index contributed by atoms with van der Waals surface area (Å²) in [5.41, 5.74) is 3.22. The van der Waals surface area contributed by atoms with E-state index in [-0.39, 0.29) is 11.2 Å². The topological polar surface area (TPSA) is 42.0 Å². The SMILES string of the molecule is O=C(Nc1ccc2cc(-c3cccc4cnccc34)ccc2c1)C1CC=CS1. The van der Waals surface area contributed by atoms with Crippen LogP contribution in [0.4, 0.5) is 5.69 Å². The summed E-state index contributed by atoms with van der Waals surface area (Å²) in [6.07, 6.45) is 6.57. The number of rotatable bonds is 3. The molecular formula is C24H18N2OS. The van der Waals surface area contributed by atoms with Crippen LogP contribution in [0.3, 0.4) is 0 Å². The van der Waals surface area contributed by atoms with Crippen LogP contribution in [0.2, 0.25) is 0 Å². The summed E-state index contributed by atoms with van der Waals surface area (Å²) in [5.74, 6) is 0.0651. The lowest BCUT2D eigenvalue weighted by Crippen LogP contribution is -2.22. The summed E-state index contributed by atoms with van der Waals surface area (Å²) in [7, 11) is 0. The van der Waals surface area contributed by atoms with Gasteiger partial charge in [0.1, 0.15) is 0 Å². The summed E-state index contributed by atoms with van der Waals surface area (Å²) < 4.78 is 0. The van der Waals surface area contributed by atoms with Crippen molar-refractivity contribution in [2.75, 3.05) is 5.32 Å². The van der Waals surface area contributed by atoms with E-state index >= 15 is 0 Å². The van der Waals surface area contributed by atoms with Crippen LogP contribution in [0, 0.1) is 0 Å². The number of nitrogens with one attached hydrogen (secondary N) is 1. The van der Waals surface area contributed by atoms with Gasteiger partial charge in [0, 0.05) is 23.5 Å². The molecule has 1 aliphatic heterocycles. The minimum atomic E-state index is -0.0149. The first kappa shape index (κ1) is 17.0. The second-order valence-electron chi connectivity index (χ2n) is 6.90. The van der Waals surface area contributed by atoms with E-state index < -0.39 is 0 Å². The largest absolute Gasteiger partial charge is 0.325 e. The smallest absolute Gasteiger partial charge is 0.238 e. The normalized spacial score (nSPS) is 15.9. The molecule has 3 aromatic carbocycles. The molecule has 0 spiro atoms. The number of aromatic nitrogens is 1. The Morgan fingerprint density at radius 3 is 2.79 bits per heavy atom. The van der Waals surface area contributed by atoms with Crippen LogP contribution in [-0.2, 0) is 4.79 Å². The maximum atomic E-state index is 12.3. The van der Waals surface area contributed by atoms with E-state index in [4.69, 9.17) is 0 Å². The molecule has 0 bridgehead atoms. The van der Waals surface area contributed by atoms with E-state index in [2.05, 4.69) is 58.8 Å². The zero-order chi connectivity index (χ0) is 18.9. The van der Waals surface area contributed by atoms with Gasteiger partial charge in [-0.15, -0.1) is 11.8 Å². The standard InChI is InChI=1S/C24H18N2OS/c27-24(23-5-2-12-28-23)26-20-9-8-16-13-18(7-6-17(16)14-20)21-4-1-3-19-15-25-11-10-22(19)21/h1-4,6-15,23H,5H2,(H,26,27). The minimum Gasteiger partial charge on any atom is -0.325 e. The van der Waals surface area contributed by atoms with Gasteiger partial charge in [0.15, 0.2) is 0 Å². The van der Waals surface area contributed by atoms with Gasteiger partial charge in [-0.2, -0.15) is 0 Å². The van der Waals surface area contributed by atoms with E-state index in [1.165, 1.54) is 16.5 Å². The van der Waals surface area contributed by atoms with Crippen LogP contribution < -0.4 is 5.32 Å². The van der Waals surface area contributed by atoms with Gasteiger partial charge in [0.05, 0.1) is 5.25 Å². The summed E-state index contributed by atoms with van der Waals surface area (Å²) in [5, 5.41) is 9.62. The molecule has 4 heteroatoms. The molecule has 0 aliphatic carbocycles. The Balaban J connectivity index is 1.47. The molecule has 4 aromatic rings. The van der Waals surface area contributed by atoms with E-state index in [1.807, 2.05) is 36.0 Å². The lowest BCUT2D eigenvalue weighted by Gasteiger charge is -2.12. The van der Waals surface area contributed by atoms with Crippen molar-refractivity contribution in [3.63, 3.8) is 0 Å². The van der Waals surface area contributed by atoms with Crippen LogP contribution in [0.15, 0.2) is 84.5 Å². The number of nitrogens with zero attached hydrogens (tertiary/aromatic N) is 1. The van der Waals surface area contributed by atoms with Crippen molar-refractivity contribution < 1.29 is 4.79 Å². The summed E-state index contributed by atoms with van der Waals surface area (Å²) in [6, 6.07) is 20.9. The number of fused-ring (bicyclic) bond motifs is 2. The predicted molar refractivity (Wildman–Crippen MR) is 118 cm³/mol. The molecule has 1 atom stereocenters. The van der Waals surface area contributed by atoms with Crippen molar-refractivity contribution in [3.8, 4) is 11.1 Å². The van der Waals surface area contributed by atoms with Crippen LogP contribution in [0.25, 0.3) is 32.7 Å². The van der Waals surface area contributed by atoms with E-state index in [9.17, 15) is 4.79 Å². The molecule has 2 heterocycles. The first-order valence-corrected chi connectivity index (χ1v) is 10.2. The van der Waals surface area contributed by atoms with Crippen molar-refractivity contribution in [2.45, 2.75) is 11.7 Å². The van der Waals surface area contributed by atoms with Gasteiger partial charge in [-0.25, -0.2) is 0 Å². The first-order valence-electron chi connectivity index (χ1n) is 9.26. The minimum absolute atomic E-state index is 0.0149. The maximum absolute atomic E-state index is 12.3. The second-order valence-corrected chi connectivity index (χ2v) is 8.01. The van der Waals surface area contributed by atoms with Crippen LogP contribution in [0.1, 0.15) is 6.42 Å². The number of carbonyl (C=O) groups excluding carboxylic acids is 1. The van der Waals surface area contributed by atoms with E-state index in [0.29, 0.717) is 0 Å². The molecule has 0 fully saturated rings. The molecule has 136 valence electrons. The molecule has 28 heavy (non-hydrogen) atoms.